The van der Waals surface area contributed by atoms with E-state index in [4.69, 9.17) is 9.47 Å². The molecule has 6 nitrogen and oxygen atoms in total. The summed E-state index contributed by atoms with van der Waals surface area (Å²) < 4.78 is 23.5. The number of ketones is 1. The number of carbonyl (C=O) groups excluding carboxylic acids is 2. The lowest BCUT2D eigenvalue weighted by atomic mass is 10.1. The van der Waals surface area contributed by atoms with Crippen LogP contribution in [-0.2, 0) is 4.74 Å². The molecule has 0 atom stereocenters. The predicted molar refractivity (Wildman–Crippen MR) is 92.1 cm³/mol. The highest BCUT2D eigenvalue weighted by atomic mass is 19.1. The van der Waals surface area contributed by atoms with Crippen LogP contribution in [0.25, 0.3) is 10.9 Å². The van der Waals surface area contributed by atoms with Crippen LogP contribution in [0.15, 0.2) is 53.3 Å². The first-order valence-electron chi connectivity index (χ1n) is 7.65. The normalized spacial score (nSPS) is 10.5. The minimum absolute atomic E-state index is 0.00789. The molecule has 26 heavy (non-hydrogen) atoms. The number of ether oxygens (including phenoxy) is 2. The van der Waals surface area contributed by atoms with Crippen molar-refractivity contribution in [2.75, 3.05) is 13.7 Å². The third-order valence-corrected chi connectivity index (χ3v) is 3.78. The maximum atomic E-state index is 13.7. The summed E-state index contributed by atoms with van der Waals surface area (Å²) in [4.78, 5) is 38.7. The Balaban J connectivity index is 1.78. The number of hydrogen-bond acceptors (Lipinski definition) is 5. The van der Waals surface area contributed by atoms with Crippen molar-refractivity contribution in [2.45, 2.75) is 0 Å². The van der Waals surface area contributed by atoms with Crippen LogP contribution >= 0.6 is 0 Å². The molecule has 0 bridgehead atoms. The highest BCUT2D eigenvalue weighted by Crippen LogP contribution is 2.19. The zero-order valence-electron chi connectivity index (χ0n) is 13.7. The average molecular weight is 355 g/mol. The first kappa shape index (κ1) is 17.3. The second-order valence-corrected chi connectivity index (χ2v) is 5.44. The summed E-state index contributed by atoms with van der Waals surface area (Å²) in [6, 6.07) is 11.5. The van der Waals surface area contributed by atoms with Gasteiger partial charge in [-0.25, -0.2) is 9.18 Å². The monoisotopic (exact) mass is 355 g/mol. The van der Waals surface area contributed by atoms with Gasteiger partial charge in [-0.1, -0.05) is 18.2 Å². The second kappa shape index (κ2) is 7.18. The minimum atomic E-state index is -0.811. The quantitative estimate of drug-likeness (QED) is 0.562. The smallest absolute Gasteiger partial charge is 0.339 e. The van der Waals surface area contributed by atoms with E-state index in [1.807, 2.05) is 0 Å². The van der Waals surface area contributed by atoms with Crippen LogP contribution in [0.3, 0.4) is 0 Å². The average Bonchev–Trinajstić information content (AvgIpc) is 2.65. The van der Waals surface area contributed by atoms with E-state index < -0.39 is 29.7 Å². The van der Waals surface area contributed by atoms with Crippen LogP contribution in [0.5, 0.6) is 5.75 Å². The van der Waals surface area contributed by atoms with Crippen molar-refractivity contribution in [3.05, 3.63) is 75.8 Å². The maximum Gasteiger partial charge on any atom is 0.339 e. The number of H-pyrrole nitrogens is 1. The summed E-state index contributed by atoms with van der Waals surface area (Å²) in [5.74, 6) is -2.07. The molecule has 0 saturated carbocycles. The van der Waals surface area contributed by atoms with Crippen LogP contribution in [0.2, 0.25) is 0 Å². The lowest BCUT2D eigenvalue weighted by Gasteiger charge is -2.08. The highest BCUT2D eigenvalue weighted by Gasteiger charge is 2.16. The predicted octanol–water partition coefficient (Wildman–Crippen LogP) is 2.72. The molecule has 0 unspecified atom stereocenters. The van der Waals surface area contributed by atoms with Crippen LogP contribution in [0.4, 0.5) is 4.39 Å². The fraction of sp³-hybridized carbons (Fsp3) is 0.105. The van der Waals surface area contributed by atoms with Gasteiger partial charge in [0.15, 0.2) is 24.0 Å². The molecule has 0 aliphatic rings. The Kier molecular flexibility index (Phi) is 4.79. The Labute approximate surface area is 147 Å². The lowest BCUT2D eigenvalue weighted by Crippen LogP contribution is -2.17. The molecule has 0 radical (unpaired) electrons. The van der Waals surface area contributed by atoms with Gasteiger partial charge in [-0.2, -0.15) is 0 Å². The van der Waals surface area contributed by atoms with Crippen LogP contribution in [-0.4, -0.2) is 30.5 Å². The molecule has 132 valence electrons. The summed E-state index contributed by atoms with van der Waals surface area (Å²) in [5, 5.41) is 0.500. The molecule has 0 amide bonds. The first-order valence-corrected chi connectivity index (χ1v) is 7.65. The number of Topliss-reactive ketones (excluding diaryl/α,β-unsaturated/α-hetero) is 1. The number of nitrogens with one attached hydrogen (secondary N) is 1. The SMILES string of the molecule is COc1ccc(C(=O)COC(=O)c2cc(=O)[nH]c3ccccc23)cc1F. The van der Waals surface area contributed by atoms with E-state index in [1.165, 1.54) is 19.2 Å². The molecular weight excluding hydrogens is 341 g/mol. The fourth-order valence-electron chi connectivity index (χ4n) is 2.51. The summed E-state index contributed by atoms with van der Waals surface area (Å²) in [7, 11) is 1.31. The molecule has 1 aromatic heterocycles. The van der Waals surface area contributed by atoms with Crippen molar-refractivity contribution in [3.8, 4) is 5.75 Å². The van der Waals surface area contributed by atoms with E-state index in [-0.39, 0.29) is 16.9 Å². The highest BCUT2D eigenvalue weighted by molar-refractivity contribution is 6.05. The summed E-state index contributed by atoms with van der Waals surface area (Å²) in [5.41, 5.74) is 0.125. The number of esters is 1. The van der Waals surface area contributed by atoms with E-state index in [2.05, 4.69) is 4.98 Å². The van der Waals surface area contributed by atoms with Gasteiger partial charge in [0, 0.05) is 22.5 Å². The molecule has 1 N–H and O–H groups in total. The number of benzene rings is 2. The fourth-order valence-corrected chi connectivity index (χ4v) is 2.51. The van der Waals surface area contributed by atoms with Gasteiger partial charge in [0.05, 0.1) is 12.7 Å². The number of halogens is 1. The van der Waals surface area contributed by atoms with Crippen molar-refractivity contribution >= 4 is 22.7 Å². The molecule has 7 heteroatoms. The van der Waals surface area contributed by atoms with Crippen molar-refractivity contribution in [2.24, 2.45) is 0 Å². The molecule has 2 aromatic carbocycles. The zero-order valence-corrected chi connectivity index (χ0v) is 13.7. The number of aromatic nitrogens is 1. The van der Waals surface area contributed by atoms with E-state index in [1.54, 1.807) is 24.3 Å². The molecule has 0 aliphatic carbocycles. The number of pyridine rings is 1. The Morgan fingerprint density at radius 1 is 1.12 bits per heavy atom. The van der Waals surface area contributed by atoms with Gasteiger partial charge in [0.25, 0.3) is 0 Å². The lowest BCUT2D eigenvalue weighted by molar-refractivity contribution is 0.0476. The van der Waals surface area contributed by atoms with E-state index >= 15 is 0 Å². The van der Waals surface area contributed by atoms with Crippen molar-refractivity contribution < 1.29 is 23.5 Å². The number of aromatic amines is 1. The number of fused-ring (bicyclic) bond motifs is 1. The summed E-state index contributed by atoms with van der Waals surface area (Å²) >= 11 is 0. The van der Waals surface area contributed by atoms with Crippen molar-refractivity contribution in [3.63, 3.8) is 0 Å². The molecule has 0 saturated heterocycles. The van der Waals surface area contributed by atoms with E-state index in [0.29, 0.717) is 10.9 Å². The van der Waals surface area contributed by atoms with Crippen LogP contribution < -0.4 is 10.3 Å². The van der Waals surface area contributed by atoms with Gasteiger partial charge in [0.1, 0.15) is 0 Å². The Morgan fingerprint density at radius 2 is 1.88 bits per heavy atom. The third-order valence-electron chi connectivity index (χ3n) is 3.78. The number of rotatable bonds is 5. The topological polar surface area (TPSA) is 85.5 Å². The van der Waals surface area contributed by atoms with Crippen molar-refractivity contribution in [1.82, 2.24) is 4.98 Å². The Hall–Kier alpha value is -3.48. The van der Waals surface area contributed by atoms with Crippen LogP contribution in [0.1, 0.15) is 20.7 Å². The van der Waals surface area contributed by atoms with E-state index in [9.17, 15) is 18.8 Å². The molecule has 1 heterocycles. The number of methoxy groups -OCH3 is 1. The first-order chi connectivity index (χ1) is 12.5. The molecule has 3 aromatic rings. The number of hydrogen-bond donors (Lipinski definition) is 1. The standard InChI is InChI=1S/C19H14FNO5/c1-25-17-7-6-11(8-14(17)20)16(22)10-26-19(24)13-9-18(23)21-15-5-3-2-4-12(13)15/h2-9H,10H2,1H3,(H,21,23). The second-order valence-electron chi connectivity index (χ2n) is 5.44. The third kappa shape index (κ3) is 3.46. The molecule has 3 rings (SSSR count). The minimum Gasteiger partial charge on any atom is -0.494 e. The Bertz CT molecular complexity index is 1060. The zero-order chi connectivity index (χ0) is 18.7. The summed E-state index contributed by atoms with van der Waals surface area (Å²) in [6.45, 7) is -0.578. The summed E-state index contributed by atoms with van der Waals surface area (Å²) in [6.07, 6.45) is 0. The van der Waals surface area contributed by atoms with Gasteiger partial charge in [-0.05, 0) is 24.3 Å². The maximum absolute atomic E-state index is 13.7. The number of para-hydroxylation sites is 1. The van der Waals surface area contributed by atoms with Gasteiger partial charge >= 0.3 is 5.97 Å². The molecular formula is C19H14FNO5. The number of carbonyl (C=O) groups is 2. The van der Waals surface area contributed by atoms with Gasteiger partial charge < -0.3 is 14.5 Å². The van der Waals surface area contributed by atoms with Gasteiger partial charge in [0.2, 0.25) is 5.56 Å². The van der Waals surface area contributed by atoms with Gasteiger partial charge in [-0.15, -0.1) is 0 Å². The Morgan fingerprint density at radius 3 is 2.62 bits per heavy atom. The van der Waals surface area contributed by atoms with Gasteiger partial charge in [-0.3, -0.25) is 9.59 Å². The van der Waals surface area contributed by atoms with Crippen molar-refractivity contribution in [1.29, 1.82) is 0 Å². The molecule has 0 spiro atoms. The van der Waals surface area contributed by atoms with E-state index in [0.717, 1.165) is 12.1 Å². The molecule has 0 aliphatic heterocycles. The molecule has 0 fully saturated rings. The largest absolute Gasteiger partial charge is 0.494 e. The van der Waals surface area contributed by atoms with Crippen LogP contribution in [0, 0.1) is 5.82 Å².